The Morgan fingerprint density at radius 3 is 2.29 bits per heavy atom. The van der Waals surface area contributed by atoms with Crippen LogP contribution in [0.4, 0.5) is 10.1 Å². The van der Waals surface area contributed by atoms with E-state index < -0.39 is 10.0 Å². The van der Waals surface area contributed by atoms with E-state index in [2.05, 4.69) is 4.40 Å². The number of para-hydroxylation sites is 1. The Bertz CT molecular complexity index is 1110. The van der Waals surface area contributed by atoms with Gasteiger partial charge in [-0.05, 0) is 35.4 Å². The van der Waals surface area contributed by atoms with Crippen LogP contribution in [0.2, 0.25) is 0 Å². The number of fused-ring (bicyclic) bond motifs is 1. The number of sulfonamides is 1. The van der Waals surface area contributed by atoms with Gasteiger partial charge in [-0.25, -0.2) is 4.39 Å². The van der Waals surface area contributed by atoms with Crippen LogP contribution in [0.1, 0.15) is 11.1 Å². The summed E-state index contributed by atoms with van der Waals surface area (Å²) >= 11 is 1.32. The Kier molecular flexibility index (Phi) is 5.19. The van der Waals surface area contributed by atoms with Crippen molar-refractivity contribution in [2.75, 3.05) is 4.90 Å². The molecule has 0 amide bonds. The first-order valence-corrected chi connectivity index (χ1v) is 11.1. The number of anilines is 1. The van der Waals surface area contributed by atoms with Gasteiger partial charge >= 0.3 is 0 Å². The molecule has 0 N–H and O–H groups in total. The Morgan fingerprint density at radius 1 is 0.857 bits per heavy atom. The Hall–Kier alpha value is -2.64. The molecule has 0 saturated heterocycles. The zero-order valence-electron chi connectivity index (χ0n) is 14.8. The molecule has 0 fully saturated rings. The fourth-order valence-electron chi connectivity index (χ4n) is 2.95. The topological polar surface area (TPSA) is 49.7 Å². The van der Waals surface area contributed by atoms with Gasteiger partial charge in [-0.15, -0.1) is 4.40 Å². The second kappa shape index (κ2) is 7.77. The quantitative estimate of drug-likeness (QED) is 0.616. The highest BCUT2D eigenvalue weighted by Crippen LogP contribution is 2.35. The summed E-state index contributed by atoms with van der Waals surface area (Å²) in [6.45, 7) is 0.503. The van der Waals surface area contributed by atoms with E-state index in [0.29, 0.717) is 23.2 Å². The van der Waals surface area contributed by atoms with Crippen molar-refractivity contribution in [1.29, 1.82) is 0 Å². The molecule has 0 saturated carbocycles. The molecule has 0 spiro atoms. The molecule has 1 heterocycles. The van der Waals surface area contributed by atoms with Crippen molar-refractivity contribution in [3.63, 3.8) is 0 Å². The number of hydrogen-bond acceptors (Lipinski definition) is 4. The molecule has 0 atom stereocenters. The summed E-state index contributed by atoms with van der Waals surface area (Å²) in [6.07, 6.45) is 0. The van der Waals surface area contributed by atoms with Crippen LogP contribution in [0.15, 0.2) is 88.2 Å². The van der Waals surface area contributed by atoms with Gasteiger partial charge in [-0.1, -0.05) is 66.4 Å². The lowest BCUT2D eigenvalue weighted by Gasteiger charge is -2.30. The molecule has 0 unspecified atom stereocenters. The summed E-state index contributed by atoms with van der Waals surface area (Å²) < 4.78 is 42.5. The summed E-state index contributed by atoms with van der Waals surface area (Å²) in [6, 6.07) is 22.9. The summed E-state index contributed by atoms with van der Waals surface area (Å²) in [5.41, 5.74) is 2.56. The maximum absolute atomic E-state index is 13.1. The molecule has 3 aromatic carbocycles. The molecule has 7 heteroatoms. The molecule has 4 nitrogen and oxygen atoms in total. The third-order valence-corrected chi connectivity index (χ3v) is 6.81. The summed E-state index contributed by atoms with van der Waals surface area (Å²) in [4.78, 5) is 2.12. The molecule has 0 bridgehead atoms. The molecule has 0 radical (unpaired) electrons. The van der Waals surface area contributed by atoms with Crippen molar-refractivity contribution in [1.82, 2.24) is 0 Å². The number of nitrogens with zero attached hydrogens (tertiary/aromatic N) is 2. The highest BCUT2D eigenvalue weighted by molar-refractivity contribution is 8.14. The lowest BCUT2D eigenvalue weighted by atomic mass is 10.2. The van der Waals surface area contributed by atoms with Crippen LogP contribution >= 0.6 is 11.8 Å². The molecule has 1 aliphatic heterocycles. The van der Waals surface area contributed by atoms with Crippen molar-refractivity contribution >= 4 is 32.6 Å². The maximum Gasteiger partial charge on any atom is 0.286 e. The number of thioether (sulfide) groups is 1. The van der Waals surface area contributed by atoms with Crippen molar-refractivity contribution in [2.45, 2.75) is 17.2 Å². The standard InChI is InChI=1S/C21H17FN2O2S2/c22-18-12-10-17(11-13-18)15-27-21-23-28(25,26)20-9-5-4-8-19(20)24(21)14-16-6-2-1-3-7-16/h1-13H,14-15H2. The normalized spacial score (nSPS) is 15.0. The van der Waals surface area contributed by atoms with Crippen LogP contribution in [-0.2, 0) is 22.3 Å². The minimum absolute atomic E-state index is 0.206. The van der Waals surface area contributed by atoms with E-state index in [-0.39, 0.29) is 10.7 Å². The smallest absolute Gasteiger partial charge is 0.286 e. The molecular weight excluding hydrogens is 395 g/mol. The van der Waals surface area contributed by atoms with E-state index in [4.69, 9.17) is 0 Å². The number of hydrogen-bond donors (Lipinski definition) is 0. The van der Waals surface area contributed by atoms with E-state index in [9.17, 15) is 12.8 Å². The van der Waals surface area contributed by atoms with Gasteiger partial charge in [0.05, 0.1) is 12.2 Å². The molecule has 0 aromatic heterocycles. The average molecular weight is 413 g/mol. The molecular formula is C21H17FN2O2S2. The van der Waals surface area contributed by atoms with Crippen molar-refractivity contribution in [2.24, 2.45) is 4.40 Å². The maximum atomic E-state index is 13.1. The SMILES string of the molecule is O=S1(=O)N=C(SCc2ccc(F)cc2)N(Cc2ccccc2)c2ccccc21. The third-order valence-electron chi connectivity index (χ3n) is 4.33. The molecule has 1 aliphatic rings. The highest BCUT2D eigenvalue weighted by Gasteiger charge is 2.30. The van der Waals surface area contributed by atoms with E-state index >= 15 is 0 Å². The fraction of sp³-hybridized carbons (Fsp3) is 0.0952. The Morgan fingerprint density at radius 2 is 1.54 bits per heavy atom. The summed E-state index contributed by atoms with van der Waals surface area (Å²) in [5, 5.41) is 0.409. The van der Waals surface area contributed by atoms with Gasteiger partial charge in [0, 0.05) is 5.75 Å². The van der Waals surface area contributed by atoms with E-state index in [0.717, 1.165) is 11.1 Å². The summed E-state index contributed by atoms with van der Waals surface area (Å²) in [7, 11) is -3.76. The van der Waals surface area contributed by atoms with Gasteiger partial charge in [-0.3, -0.25) is 0 Å². The van der Waals surface area contributed by atoms with Gasteiger partial charge in [0.2, 0.25) is 0 Å². The molecule has 142 valence electrons. The van der Waals surface area contributed by atoms with Crippen molar-refractivity contribution in [3.05, 3.63) is 95.8 Å². The van der Waals surface area contributed by atoms with Gasteiger partial charge < -0.3 is 4.90 Å². The van der Waals surface area contributed by atoms with Crippen LogP contribution in [0.5, 0.6) is 0 Å². The fourth-order valence-corrected chi connectivity index (χ4v) is 5.36. The largest absolute Gasteiger partial charge is 0.315 e. The number of amidine groups is 1. The zero-order chi connectivity index (χ0) is 19.6. The van der Waals surface area contributed by atoms with Gasteiger partial charge in [0.25, 0.3) is 10.0 Å². The predicted octanol–water partition coefficient (Wildman–Crippen LogP) is 4.82. The number of halogens is 1. The molecule has 4 rings (SSSR count). The zero-order valence-corrected chi connectivity index (χ0v) is 16.5. The van der Waals surface area contributed by atoms with Gasteiger partial charge in [0.15, 0.2) is 5.17 Å². The average Bonchev–Trinajstić information content (AvgIpc) is 2.71. The molecule has 0 aliphatic carbocycles. The minimum Gasteiger partial charge on any atom is -0.315 e. The first-order valence-electron chi connectivity index (χ1n) is 8.66. The first kappa shape index (κ1) is 18.7. The van der Waals surface area contributed by atoms with Crippen molar-refractivity contribution in [3.8, 4) is 0 Å². The number of rotatable bonds is 4. The van der Waals surface area contributed by atoms with Crippen LogP contribution in [0, 0.1) is 5.82 Å². The number of benzene rings is 3. The van der Waals surface area contributed by atoms with Crippen LogP contribution in [-0.4, -0.2) is 13.6 Å². The van der Waals surface area contributed by atoms with Crippen LogP contribution in [0.25, 0.3) is 0 Å². The second-order valence-electron chi connectivity index (χ2n) is 6.30. The van der Waals surface area contributed by atoms with E-state index in [1.807, 2.05) is 41.3 Å². The van der Waals surface area contributed by atoms with Gasteiger partial charge in [0.1, 0.15) is 10.7 Å². The molecule has 3 aromatic rings. The first-order chi connectivity index (χ1) is 13.5. The lowest BCUT2D eigenvalue weighted by Crippen LogP contribution is -2.33. The van der Waals surface area contributed by atoms with Crippen LogP contribution < -0.4 is 4.90 Å². The monoisotopic (exact) mass is 412 g/mol. The van der Waals surface area contributed by atoms with E-state index in [1.54, 1.807) is 30.3 Å². The summed E-state index contributed by atoms with van der Waals surface area (Å²) in [5.74, 6) is 0.188. The van der Waals surface area contributed by atoms with E-state index in [1.165, 1.54) is 23.9 Å². The second-order valence-corrected chi connectivity index (χ2v) is 8.82. The third kappa shape index (κ3) is 3.95. The lowest BCUT2D eigenvalue weighted by molar-refractivity contribution is 0.597. The molecule has 28 heavy (non-hydrogen) atoms. The Labute approximate surface area is 167 Å². The Balaban J connectivity index is 1.68. The van der Waals surface area contributed by atoms with Gasteiger partial charge in [-0.2, -0.15) is 8.42 Å². The predicted molar refractivity (Wildman–Crippen MR) is 111 cm³/mol. The highest BCUT2D eigenvalue weighted by atomic mass is 32.2. The van der Waals surface area contributed by atoms with Crippen molar-refractivity contribution < 1.29 is 12.8 Å². The van der Waals surface area contributed by atoms with Crippen LogP contribution in [0.3, 0.4) is 0 Å². The minimum atomic E-state index is -3.76.